The summed E-state index contributed by atoms with van der Waals surface area (Å²) >= 11 is 0. The quantitative estimate of drug-likeness (QED) is 0.850. The average Bonchev–Trinajstić information content (AvgIpc) is 2.74. The van der Waals surface area contributed by atoms with E-state index in [0.29, 0.717) is 6.54 Å². The summed E-state index contributed by atoms with van der Waals surface area (Å²) in [5.74, 6) is -1.23. The van der Waals surface area contributed by atoms with E-state index in [4.69, 9.17) is 5.11 Å². The molecule has 90 valence electrons. The zero-order chi connectivity index (χ0) is 12.4. The van der Waals surface area contributed by atoms with Crippen LogP contribution in [0.2, 0.25) is 0 Å². The molecule has 2 rings (SSSR count). The molecule has 17 heavy (non-hydrogen) atoms. The molecule has 0 spiro atoms. The Morgan fingerprint density at radius 3 is 2.47 bits per heavy atom. The summed E-state index contributed by atoms with van der Waals surface area (Å²) in [7, 11) is 0. The Hall–Kier alpha value is -1.84. The van der Waals surface area contributed by atoms with Crippen LogP contribution < -0.4 is 0 Å². The second-order valence-electron chi connectivity index (χ2n) is 4.34. The number of carboxylic acids is 1. The molecule has 1 saturated heterocycles. The highest BCUT2D eigenvalue weighted by Crippen LogP contribution is 2.21. The summed E-state index contributed by atoms with van der Waals surface area (Å²) in [6.45, 7) is 2.71. The molecule has 4 nitrogen and oxygen atoms in total. The molecule has 1 amide bonds. The van der Waals surface area contributed by atoms with Crippen molar-refractivity contribution in [1.29, 1.82) is 0 Å². The highest BCUT2D eigenvalue weighted by molar-refractivity contribution is 6.04. The van der Waals surface area contributed by atoms with Crippen LogP contribution in [0.5, 0.6) is 0 Å². The standard InChI is InChI=1S/C13H15NO3/c1-9-5-4-8-14(9)12(15)10-6-2-3-7-11(10)13(16)17/h2-3,6-7,9H,4-5,8H2,1H3,(H,16,17). The molecule has 1 heterocycles. The maximum absolute atomic E-state index is 12.2. The van der Waals surface area contributed by atoms with Gasteiger partial charge < -0.3 is 10.0 Å². The van der Waals surface area contributed by atoms with Crippen molar-refractivity contribution < 1.29 is 14.7 Å². The molecule has 1 aromatic rings. The van der Waals surface area contributed by atoms with Gasteiger partial charge in [0.2, 0.25) is 0 Å². The Labute approximate surface area is 99.9 Å². The second kappa shape index (κ2) is 4.57. The third-order valence-electron chi connectivity index (χ3n) is 3.20. The molecule has 1 fully saturated rings. The molecular formula is C13H15NO3. The summed E-state index contributed by atoms with van der Waals surface area (Å²) in [5.41, 5.74) is 0.366. The van der Waals surface area contributed by atoms with Crippen molar-refractivity contribution in [3.8, 4) is 0 Å². The van der Waals surface area contributed by atoms with Crippen molar-refractivity contribution in [2.75, 3.05) is 6.54 Å². The number of carboxylic acid groups (broad SMARTS) is 1. The van der Waals surface area contributed by atoms with E-state index >= 15 is 0 Å². The monoisotopic (exact) mass is 233 g/mol. The highest BCUT2D eigenvalue weighted by atomic mass is 16.4. The summed E-state index contributed by atoms with van der Waals surface area (Å²) in [4.78, 5) is 25.0. The van der Waals surface area contributed by atoms with Gasteiger partial charge in [-0.1, -0.05) is 12.1 Å². The Morgan fingerprint density at radius 1 is 1.29 bits per heavy atom. The maximum Gasteiger partial charge on any atom is 0.336 e. The molecule has 1 aromatic carbocycles. The highest BCUT2D eigenvalue weighted by Gasteiger charge is 2.28. The van der Waals surface area contributed by atoms with Crippen LogP contribution in [0.3, 0.4) is 0 Å². The second-order valence-corrected chi connectivity index (χ2v) is 4.34. The Bertz CT molecular complexity index is 456. The molecule has 1 atom stereocenters. The number of rotatable bonds is 2. The lowest BCUT2D eigenvalue weighted by Crippen LogP contribution is -2.34. The zero-order valence-corrected chi connectivity index (χ0v) is 9.72. The van der Waals surface area contributed by atoms with Gasteiger partial charge in [0, 0.05) is 12.6 Å². The van der Waals surface area contributed by atoms with Gasteiger partial charge in [0.05, 0.1) is 11.1 Å². The first kappa shape index (κ1) is 11.6. The largest absolute Gasteiger partial charge is 0.478 e. The van der Waals surface area contributed by atoms with Crippen molar-refractivity contribution in [2.45, 2.75) is 25.8 Å². The lowest BCUT2D eigenvalue weighted by Gasteiger charge is -2.22. The molecular weight excluding hydrogens is 218 g/mol. The van der Waals surface area contributed by atoms with Gasteiger partial charge in [-0.15, -0.1) is 0 Å². The Balaban J connectivity index is 2.33. The van der Waals surface area contributed by atoms with Crippen LogP contribution in [0.1, 0.15) is 40.5 Å². The number of carbonyl (C=O) groups is 2. The minimum absolute atomic E-state index is 0.0802. The predicted octanol–water partition coefficient (Wildman–Crippen LogP) is 2.01. The van der Waals surface area contributed by atoms with Gasteiger partial charge in [0.1, 0.15) is 0 Å². The number of hydrogen-bond acceptors (Lipinski definition) is 2. The van der Waals surface area contributed by atoms with Crippen LogP contribution in [0, 0.1) is 0 Å². The van der Waals surface area contributed by atoms with Crippen molar-refractivity contribution in [3.05, 3.63) is 35.4 Å². The van der Waals surface area contributed by atoms with Crippen LogP contribution in [-0.2, 0) is 0 Å². The molecule has 1 N–H and O–H groups in total. The van der Waals surface area contributed by atoms with E-state index in [2.05, 4.69) is 0 Å². The smallest absolute Gasteiger partial charge is 0.336 e. The topological polar surface area (TPSA) is 57.6 Å². The normalized spacial score (nSPS) is 19.4. The number of nitrogens with zero attached hydrogens (tertiary/aromatic N) is 1. The van der Waals surface area contributed by atoms with Gasteiger partial charge in [-0.05, 0) is 31.9 Å². The van der Waals surface area contributed by atoms with Gasteiger partial charge in [0.25, 0.3) is 5.91 Å². The SMILES string of the molecule is CC1CCCN1C(=O)c1ccccc1C(=O)O. The fraction of sp³-hybridized carbons (Fsp3) is 0.385. The van der Waals surface area contributed by atoms with E-state index in [1.54, 1.807) is 23.1 Å². The van der Waals surface area contributed by atoms with Crippen LogP contribution in [0.15, 0.2) is 24.3 Å². The van der Waals surface area contributed by atoms with E-state index in [9.17, 15) is 9.59 Å². The van der Waals surface area contributed by atoms with E-state index in [1.807, 2.05) is 6.92 Å². The van der Waals surface area contributed by atoms with E-state index in [1.165, 1.54) is 6.07 Å². The Kier molecular flexibility index (Phi) is 3.13. The number of hydrogen-bond donors (Lipinski definition) is 1. The number of carbonyl (C=O) groups excluding carboxylic acids is 1. The number of likely N-dealkylation sites (tertiary alicyclic amines) is 1. The predicted molar refractivity (Wildman–Crippen MR) is 63.1 cm³/mol. The third kappa shape index (κ3) is 2.16. The van der Waals surface area contributed by atoms with Gasteiger partial charge in [-0.3, -0.25) is 4.79 Å². The van der Waals surface area contributed by atoms with Crippen LogP contribution in [0.25, 0.3) is 0 Å². The van der Waals surface area contributed by atoms with Gasteiger partial charge in [-0.2, -0.15) is 0 Å². The molecule has 1 aliphatic heterocycles. The lowest BCUT2D eigenvalue weighted by molar-refractivity contribution is 0.0672. The van der Waals surface area contributed by atoms with E-state index in [-0.39, 0.29) is 23.1 Å². The number of benzene rings is 1. The summed E-state index contributed by atoms with van der Waals surface area (Å²) in [5, 5.41) is 9.05. The summed E-state index contributed by atoms with van der Waals surface area (Å²) in [6, 6.07) is 6.57. The first-order chi connectivity index (χ1) is 8.11. The first-order valence-corrected chi connectivity index (χ1v) is 5.74. The molecule has 1 aliphatic rings. The van der Waals surface area contributed by atoms with Crippen molar-refractivity contribution in [3.63, 3.8) is 0 Å². The van der Waals surface area contributed by atoms with Crippen LogP contribution in [-0.4, -0.2) is 34.5 Å². The molecule has 4 heteroatoms. The number of aromatic carboxylic acids is 1. The molecule has 0 aliphatic carbocycles. The minimum atomic E-state index is -1.05. The van der Waals surface area contributed by atoms with Crippen molar-refractivity contribution in [1.82, 2.24) is 4.90 Å². The average molecular weight is 233 g/mol. The molecule has 0 aromatic heterocycles. The first-order valence-electron chi connectivity index (χ1n) is 5.74. The molecule has 1 unspecified atom stereocenters. The molecule has 0 saturated carbocycles. The summed E-state index contributed by atoms with van der Waals surface area (Å²) in [6.07, 6.45) is 1.98. The van der Waals surface area contributed by atoms with Gasteiger partial charge >= 0.3 is 5.97 Å². The summed E-state index contributed by atoms with van der Waals surface area (Å²) < 4.78 is 0. The van der Waals surface area contributed by atoms with Gasteiger partial charge in [0.15, 0.2) is 0 Å². The van der Waals surface area contributed by atoms with Crippen molar-refractivity contribution in [2.24, 2.45) is 0 Å². The maximum atomic E-state index is 12.2. The zero-order valence-electron chi connectivity index (χ0n) is 9.72. The van der Waals surface area contributed by atoms with Crippen LogP contribution >= 0.6 is 0 Å². The number of amides is 1. The fourth-order valence-corrected chi connectivity index (χ4v) is 2.25. The van der Waals surface area contributed by atoms with Gasteiger partial charge in [-0.25, -0.2) is 4.79 Å². The van der Waals surface area contributed by atoms with E-state index < -0.39 is 5.97 Å². The fourth-order valence-electron chi connectivity index (χ4n) is 2.25. The van der Waals surface area contributed by atoms with E-state index in [0.717, 1.165) is 12.8 Å². The third-order valence-corrected chi connectivity index (χ3v) is 3.20. The molecule has 0 bridgehead atoms. The molecule has 0 radical (unpaired) electrons. The Morgan fingerprint density at radius 2 is 1.94 bits per heavy atom. The lowest BCUT2D eigenvalue weighted by atomic mass is 10.1. The minimum Gasteiger partial charge on any atom is -0.478 e. The van der Waals surface area contributed by atoms with Crippen molar-refractivity contribution >= 4 is 11.9 Å². The van der Waals surface area contributed by atoms with Crippen LogP contribution in [0.4, 0.5) is 0 Å².